The van der Waals surface area contributed by atoms with E-state index >= 15 is 0 Å². The van der Waals surface area contributed by atoms with Crippen LogP contribution in [-0.4, -0.2) is 16.3 Å². The summed E-state index contributed by atoms with van der Waals surface area (Å²) < 4.78 is 0. The predicted octanol–water partition coefficient (Wildman–Crippen LogP) is 3.64. The molecule has 1 aromatic rings. The van der Waals surface area contributed by atoms with Crippen LogP contribution in [0.15, 0.2) is 23.1 Å². The normalized spacial score (nSPS) is 23.8. The minimum absolute atomic E-state index is 0.368. The molecule has 1 fully saturated rings. The number of benzene rings is 1. The van der Waals surface area contributed by atoms with Crippen molar-refractivity contribution in [1.82, 2.24) is 0 Å². The second-order valence-electron chi connectivity index (χ2n) is 5.07. The molecule has 1 aliphatic rings. The number of hydrogen-bond acceptors (Lipinski definition) is 3. The van der Waals surface area contributed by atoms with Crippen LogP contribution in [0.3, 0.4) is 0 Å². The van der Waals surface area contributed by atoms with Gasteiger partial charge in [0.2, 0.25) is 0 Å². The van der Waals surface area contributed by atoms with E-state index in [-0.39, 0.29) is 0 Å². The minimum Gasteiger partial charge on any atom is -0.478 e. The van der Waals surface area contributed by atoms with E-state index in [1.54, 1.807) is 30.0 Å². The molecule has 2 unspecified atom stereocenters. The summed E-state index contributed by atoms with van der Waals surface area (Å²) in [5.74, 6) is -0.132. The summed E-state index contributed by atoms with van der Waals surface area (Å²) in [6, 6.07) is 5.04. The third-order valence-electron chi connectivity index (χ3n) is 3.42. The molecule has 0 radical (unpaired) electrons. The Hall–Kier alpha value is -1.16. The summed E-state index contributed by atoms with van der Waals surface area (Å²) in [5.41, 5.74) is 6.75. The number of rotatable bonds is 3. The number of nitrogen functional groups attached to an aromatic ring is 1. The highest BCUT2D eigenvalue weighted by Crippen LogP contribution is 2.38. The molecular formula is C14H19NO2S. The van der Waals surface area contributed by atoms with Crippen molar-refractivity contribution >= 4 is 23.4 Å². The molecule has 0 amide bonds. The maximum Gasteiger partial charge on any atom is 0.336 e. The van der Waals surface area contributed by atoms with Gasteiger partial charge in [-0.3, -0.25) is 0 Å². The molecule has 1 aromatic carbocycles. The zero-order valence-corrected chi connectivity index (χ0v) is 11.4. The Labute approximate surface area is 112 Å². The number of thioether (sulfide) groups is 1. The third kappa shape index (κ3) is 3.19. The van der Waals surface area contributed by atoms with Gasteiger partial charge in [0.15, 0.2) is 0 Å². The van der Waals surface area contributed by atoms with E-state index in [0.29, 0.717) is 16.5 Å². The van der Waals surface area contributed by atoms with Gasteiger partial charge in [-0.05, 0) is 37.0 Å². The number of carbonyl (C=O) groups is 1. The van der Waals surface area contributed by atoms with E-state index in [0.717, 1.165) is 10.8 Å². The van der Waals surface area contributed by atoms with Crippen molar-refractivity contribution in [2.75, 3.05) is 5.73 Å². The highest BCUT2D eigenvalue weighted by molar-refractivity contribution is 8.00. The molecule has 0 saturated heterocycles. The Kier molecular flexibility index (Phi) is 4.17. The Morgan fingerprint density at radius 3 is 2.89 bits per heavy atom. The van der Waals surface area contributed by atoms with Crippen molar-refractivity contribution in [3.63, 3.8) is 0 Å². The Morgan fingerprint density at radius 2 is 2.22 bits per heavy atom. The van der Waals surface area contributed by atoms with Crippen molar-refractivity contribution in [3.05, 3.63) is 23.8 Å². The summed E-state index contributed by atoms with van der Waals surface area (Å²) in [6.07, 6.45) is 4.87. The van der Waals surface area contributed by atoms with Crippen LogP contribution in [0, 0.1) is 5.92 Å². The average molecular weight is 265 g/mol. The first-order valence-electron chi connectivity index (χ1n) is 6.35. The van der Waals surface area contributed by atoms with Crippen molar-refractivity contribution in [2.24, 2.45) is 5.92 Å². The van der Waals surface area contributed by atoms with Crippen LogP contribution in [0.5, 0.6) is 0 Å². The Bertz CT molecular complexity index is 447. The highest BCUT2D eigenvalue weighted by atomic mass is 32.2. The molecule has 1 aliphatic carbocycles. The van der Waals surface area contributed by atoms with Crippen LogP contribution >= 0.6 is 11.8 Å². The quantitative estimate of drug-likeness (QED) is 0.819. The molecule has 98 valence electrons. The van der Waals surface area contributed by atoms with Gasteiger partial charge >= 0.3 is 5.97 Å². The predicted molar refractivity (Wildman–Crippen MR) is 75.1 cm³/mol. The first kappa shape index (κ1) is 13.3. The molecule has 2 atom stereocenters. The van der Waals surface area contributed by atoms with Crippen molar-refractivity contribution < 1.29 is 9.90 Å². The maximum atomic E-state index is 11.2. The van der Waals surface area contributed by atoms with E-state index < -0.39 is 5.97 Å². The third-order valence-corrected chi connectivity index (χ3v) is 4.77. The fourth-order valence-corrected chi connectivity index (χ4v) is 4.03. The second-order valence-corrected chi connectivity index (χ2v) is 6.41. The van der Waals surface area contributed by atoms with Gasteiger partial charge in [-0.2, -0.15) is 0 Å². The number of carboxylic acids is 1. The van der Waals surface area contributed by atoms with Gasteiger partial charge in [0.25, 0.3) is 0 Å². The maximum absolute atomic E-state index is 11.2. The van der Waals surface area contributed by atoms with Crippen molar-refractivity contribution in [1.29, 1.82) is 0 Å². The van der Waals surface area contributed by atoms with E-state index in [1.165, 1.54) is 25.7 Å². The van der Waals surface area contributed by atoms with E-state index in [9.17, 15) is 9.90 Å². The summed E-state index contributed by atoms with van der Waals surface area (Å²) in [6.45, 7) is 2.27. The van der Waals surface area contributed by atoms with Gasteiger partial charge < -0.3 is 10.8 Å². The second kappa shape index (κ2) is 5.65. The lowest BCUT2D eigenvalue weighted by atomic mass is 9.91. The molecule has 0 heterocycles. The van der Waals surface area contributed by atoms with Crippen molar-refractivity contribution in [2.45, 2.75) is 42.8 Å². The molecule has 18 heavy (non-hydrogen) atoms. The topological polar surface area (TPSA) is 63.3 Å². The number of anilines is 1. The Balaban J connectivity index is 2.16. The van der Waals surface area contributed by atoms with Gasteiger partial charge in [0.05, 0.1) is 5.56 Å². The fourth-order valence-electron chi connectivity index (χ4n) is 2.48. The standard InChI is InChI=1S/C14H19NO2S/c1-9-3-2-4-11(7-9)18-13-8-10(15)5-6-12(13)14(16)17/h5-6,8-9,11H,2-4,7,15H2,1H3,(H,16,17). The lowest BCUT2D eigenvalue weighted by Crippen LogP contribution is -2.15. The smallest absolute Gasteiger partial charge is 0.336 e. The summed E-state index contributed by atoms with van der Waals surface area (Å²) in [7, 11) is 0. The molecule has 3 nitrogen and oxygen atoms in total. The first-order valence-corrected chi connectivity index (χ1v) is 7.23. The molecule has 0 bridgehead atoms. The van der Waals surface area contributed by atoms with E-state index in [2.05, 4.69) is 6.92 Å². The molecule has 4 heteroatoms. The monoisotopic (exact) mass is 265 g/mol. The molecule has 0 aromatic heterocycles. The molecule has 3 N–H and O–H groups in total. The van der Waals surface area contributed by atoms with Gasteiger partial charge in [-0.1, -0.05) is 19.8 Å². The molecule has 0 spiro atoms. The van der Waals surface area contributed by atoms with Crippen LogP contribution in [0.2, 0.25) is 0 Å². The fraction of sp³-hybridized carbons (Fsp3) is 0.500. The van der Waals surface area contributed by atoms with E-state index in [1.807, 2.05) is 0 Å². The molecule has 1 saturated carbocycles. The van der Waals surface area contributed by atoms with Crippen LogP contribution in [0.1, 0.15) is 43.0 Å². The van der Waals surface area contributed by atoms with Gasteiger partial charge in [0, 0.05) is 15.8 Å². The lowest BCUT2D eigenvalue weighted by Gasteiger charge is -2.26. The molecule has 0 aliphatic heterocycles. The van der Waals surface area contributed by atoms with Crippen molar-refractivity contribution in [3.8, 4) is 0 Å². The molecular weight excluding hydrogens is 246 g/mol. The summed E-state index contributed by atoms with van der Waals surface area (Å²) in [5, 5.41) is 9.71. The molecule has 2 rings (SSSR count). The summed E-state index contributed by atoms with van der Waals surface area (Å²) in [4.78, 5) is 12.0. The van der Waals surface area contributed by atoms with Crippen LogP contribution in [0.25, 0.3) is 0 Å². The zero-order chi connectivity index (χ0) is 13.1. The number of nitrogens with two attached hydrogens (primary N) is 1. The SMILES string of the molecule is CC1CCCC(Sc2cc(N)ccc2C(=O)O)C1. The first-order chi connectivity index (χ1) is 8.56. The van der Waals surface area contributed by atoms with Gasteiger partial charge in [0.1, 0.15) is 0 Å². The highest BCUT2D eigenvalue weighted by Gasteiger charge is 2.22. The van der Waals surface area contributed by atoms with Crippen LogP contribution < -0.4 is 5.73 Å². The minimum atomic E-state index is -0.874. The zero-order valence-electron chi connectivity index (χ0n) is 10.6. The number of aromatic carboxylic acids is 1. The van der Waals surface area contributed by atoms with Gasteiger partial charge in [-0.15, -0.1) is 11.8 Å². The van der Waals surface area contributed by atoms with Gasteiger partial charge in [-0.25, -0.2) is 4.79 Å². The average Bonchev–Trinajstić information content (AvgIpc) is 2.28. The number of hydrogen-bond donors (Lipinski definition) is 2. The summed E-state index contributed by atoms with van der Waals surface area (Å²) >= 11 is 1.68. The van der Waals surface area contributed by atoms with Crippen LogP contribution in [-0.2, 0) is 0 Å². The van der Waals surface area contributed by atoms with Crippen LogP contribution in [0.4, 0.5) is 5.69 Å². The van der Waals surface area contributed by atoms with E-state index in [4.69, 9.17) is 5.73 Å². The number of carboxylic acid groups (broad SMARTS) is 1. The Morgan fingerprint density at radius 1 is 1.44 bits per heavy atom. The lowest BCUT2D eigenvalue weighted by molar-refractivity contribution is 0.0693. The largest absolute Gasteiger partial charge is 0.478 e.